The van der Waals surface area contributed by atoms with Gasteiger partial charge in [0.05, 0.1) is 0 Å². The van der Waals surface area contributed by atoms with Gasteiger partial charge in [0.1, 0.15) is 0 Å². The van der Waals surface area contributed by atoms with Gasteiger partial charge < -0.3 is 10.1 Å². The Labute approximate surface area is 98.5 Å². The number of hydrogen-bond donors (Lipinski definition) is 1. The minimum Gasteiger partial charge on any atom is -0.381 e. The van der Waals surface area contributed by atoms with Gasteiger partial charge in [-0.15, -0.1) is 0 Å². The van der Waals surface area contributed by atoms with Gasteiger partial charge in [-0.3, -0.25) is 0 Å². The smallest absolute Gasteiger partial charge is 0.0476 e. The van der Waals surface area contributed by atoms with Crippen LogP contribution in [0.5, 0.6) is 0 Å². The van der Waals surface area contributed by atoms with Gasteiger partial charge in [-0.2, -0.15) is 11.8 Å². The van der Waals surface area contributed by atoms with Crippen molar-refractivity contribution in [2.45, 2.75) is 56.6 Å². The molecule has 1 N–H and O–H groups in total. The fraction of sp³-hybridized carbons (Fsp3) is 1.00. The molecule has 0 aliphatic carbocycles. The van der Waals surface area contributed by atoms with Crippen molar-refractivity contribution in [2.24, 2.45) is 0 Å². The molecule has 0 saturated carbocycles. The maximum atomic E-state index is 5.37. The molecule has 0 aromatic rings. The molecule has 0 spiro atoms. The summed E-state index contributed by atoms with van der Waals surface area (Å²) in [7, 11) is 0. The van der Waals surface area contributed by atoms with Crippen LogP contribution >= 0.6 is 11.8 Å². The van der Waals surface area contributed by atoms with Gasteiger partial charge in [0.25, 0.3) is 0 Å². The summed E-state index contributed by atoms with van der Waals surface area (Å²) in [4.78, 5) is 0. The van der Waals surface area contributed by atoms with Crippen LogP contribution in [0.15, 0.2) is 0 Å². The Hall–Kier alpha value is 0.270. The van der Waals surface area contributed by atoms with E-state index < -0.39 is 0 Å². The largest absolute Gasteiger partial charge is 0.381 e. The van der Waals surface area contributed by atoms with Crippen LogP contribution in [0.1, 0.15) is 40.0 Å². The van der Waals surface area contributed by atoms with Gasteiger partial charge in [-0.05, 0) is 26.2 Å². The second-order valence-corrected chi connectivity index (χ2v) is 6.22. The Morgan fingerprint density at radius 3 is 2.60 bits per heavy atom. The van der Waals surface area contributed by atoms with Gasteiger partial charge in [-0.25, -0.2) is 0 Å². The lowest BCUT2D eigenvalue weighted by atomic mass is 10.2. The van der Waals surface area contributed by atoms with E-state index in [1.165, 1.54) is 19.3 Å². The Morgan fingerprint density at radius 1 is 1.33 bits per heavy atom. The van der Waals surface area contributed by atoms with E-state index >= 15 is 0 Å². The zero-order valence-electron chi connectivity index (χ0n) is 10.3. The van der Waals surface area contributed by atoms with E-state index in [4.69, 9.17) is 4.74 Å². The quantitative estimate of drug-likeness (QED) is 0.759. The highest BCUT2D eigenvalue weighted by atomic mass is 32.2. The molecule has 1 saturated heterocycles. The Kier molecular flexibility index (Phi) is 6.69. The van der Waals surface area contributed by atoms with Crippen LogP contribution in [0.25, 0.3) is 0 Å². The molecular weight excluding hydrogens is 206 g/mol. The van der Waals surface area contributed by atoms with Crippen LogP contribution in [0.3, 0.4) is 0 Å². The SMILES string of the molecule is CCC(C)NCC(C)SC1CCOCC1. The lowest BCUT2D eigenvalue weighted by Crippen LogP contribution is -2.32. The number of hydrogen-bond acceptors (Lipinski definition) is 3. The number of rotatable bonds is 6. The lowest BCUT2D eigenvalue weighted by molar-refractivity contribution is 0.0999. The van der Waals surface area contributed by atoms with E-state index in [-0.39, 0.29) is 0 Å². The molecule has 0 aromatic carbocycles. The maximum Gasteiger partial charge on any atom is 0.0476 e. The molecule has 1 rings (SSSR count). The summed E-state index contributed by atoms with van der Waals surface area (Å²) in [6.07, 6.45) is 3.69. The molecule has 1 fully saturated rings. The van der Waals surface area contributed by atoms with Gasteiger partial charge in [0, 0.05) is 36.3 Å². The molecule has 90 valence electrons. The topological polar surface area (TPSA) is 21.3 Å². The van der Waals surface area contributed by atoms with E-state index in [0.29, 0.717) is 6.04 Å². The normalized spacial score (nSPS) is 22.6. The third-order valence-electron chi connectivity index (χ3n) is 2.96. The highest BCUT2D eigenvalue weighted by molar-refractivity contribution is 8.00. The van der Waals surface area contributed by atoms with E-state index in [1.807, 2.05) is 0 Å². The summed E-state index contributed by atoms with van der Waals surface area (Å²) in [5.41, 5.74) is 0. The van der Waals surface area contributed by atoms with Crippen molar-refractivity contribution in [1.82, 2.24) is 5.32 Å². The van der Waals surface area contributed by atoms with E-state index in [2.05, 4.69) is 37.8 Å². The molecular formula is C12H25NOS. The number of nitrogens with one attached hydrogen (secondary N) is 1. The predicted molar refractivity (Wildman–Crippen MR) is 68.6 cm³/mol. The Morgan fingerprint density at radius 2 is 2.00 bits per heavy atom. The van der Waals surface area contributed by atoms with E-state index in [1.54, 1.807) is 0 Å². The van der Waals surface area contributed by atoms with Gasteiger partial charge in [0.2, 0.25) is 0 Å². The van der Waals surface area contributed by atoms with Crippen molar-refractivity contribution in [3.63, 3.8) is 0 Å². The van der Waals surface area contributed by atoms with Crippen molar-refractivity contribution in [1.29, 1.82) is 0 Å². The molecule has 1 aliphatic rings. The van der Waals surface area contributed by atoms with Crippen LogP contribution in [-0.2, 0) is 4.74 Å². The fourth-order valence-electron chi connectivity index (χ4n) is 1.70. The number of ether oxygens (including phenoxy) is 1. The summed E-state index contributed by atoms with van der Waals surface area (Å²) in [5, 5.41) is 5.12. The van der Waals surface area contributed by atoms with E-state index in [9.17, 15) is 0 Å². The highest BCUT2D eigenvalue weighted by Crippen LogP contribution is 2.25. The molecule has 1 aliphatic heterocycles. The minimum atomic E-state index is 0.655. The van der Waals surface area contributed by atoms with Gasteiger partial charge >= 0.3 is 0 Å². The first-order chi connectivity index (χ1) is 7.22. The average molecular weight is 231 g/mol. The predicted octanol–water partition coefficient (Wildman–Crippen LogP) is 2.68. The van der Waals surface area contributed by atoms with Crippen molar-refractivity contribution < 1.29 is 4.74 Å². The standard InChI is InChI=1S/C12H25NOS/c1-4-10(2)13-9-11(3)15-12-5-7-14-8-6-12/h10-13H,4-9H2,1-3H3. The van der Waals surface area contributed by atoms with Crippen molar-refractivity contribution in [2.75, 3.05) is 19.8 Å². The van der Waals surface area contributed by atoms with Gasteiger partial charge in [0.15, 0.2) is 0 Å². The zero-order chi connectivity index (χ0) is 11.1. The summed E-state index contributed by atoms with van der Waals surface area (Å²) in [6.45, 7) is 9.87. The number of thioether (sulfide) groups is 1. The molecule has 0 bridgehead atoms. The zero-order valence-corrected chi connectivity index (χ0v) is 11.1. The van der Waals surface area contributed by atoms with Crippen molar-refractivity contribution in [3.05, 3.63) is 0 Å². The van der Waals surface area contributed by atoms with Crippen LogP contribution in [0.4, 0.5) is 0 Å². The first kappa shape index (κ1) is 13.3. The molecule has 3 heteroatoms. The van der Waals surface area contributed by atoms with E-state index in [0.717, 1.165) is 30.3 Å². The summed E-state index contributed by atoms with van der Waals surface area (Å²) in [6, 6.07) is 0.655. The van der Waals surface area contributed by atoms with Crippen molar-refractivity contribution >= 4 is 11.8 Å². The highest BCUT2D eigenvalue weighted by Gasteiger charge is 2.17. The Balaban J connectivity index is 2.08. The molecule has 2 atom stereocenters. The maximum absolute atomic E-state index is 5.37. The first-order valence-corrected chi connectivity index (χ1v) is 7.13. The average Bonchev–Trinajstić information content (AvgIpc) is 2.27. The van der Waals surface area contributed by atoms with Crippen LogP contribution < -0.4 is 5.32 Å². The molecule has 0 radical (unpaired) electrons. The van der Waals surface area contributed by atoms with Crippen molar-refractivity contribution in [3.8, 4) is 0 Å². The molecule has 2 unspecified atom stereocenters. The summed E-state index contributed by atoms with van der Waals surface area (Å²) < 4.78 is 5.37. The van der Waals surface area contributed by atoms with Gasteiger partial charge in [-0.1, -0.05) is 13.8 Å². The summed E-state index contributed by atoms with van der Waals surface area (Å²) >= 11 is 2.13. The second-order valence-electron chi connectivity index (χ2n) is 4.48. The third kappa shape index (κ3) is 5.79. The monoisotopic (exact) mass is 231 g/mol. The summed E-state index contributed by atoms with van der Waals surface area (Å²) in [5.74, 6) is 0. The van der Waals surface area contributed by atoms with Crippen LogP contribution in [-0.4, -0.2) is 36.3 Å². The fourth-order valence-corrected chi connectivity index (χ4v) is 3.01. The molecule has 15 heavy (non-hydrogen) atoms. The lowest BCUT2D eigenvalue weighted by Gasteiger charge is -2.25. The molecule has 1 heterocycles. The van der Waals surface area contributed by atoms with Crippen LogP contribution in [0.2, 0.25) is 0 Å². The second kappa shape index (κ2) is 7.53. The van der Waals surface area contributed by atoms with Crippen LogP contribution in [0, 0.1) is 0 Å². The Bertz CT molecular complexity index is 160. The third-order valence-corrected chi connectivity index (χ3v) is 4.45. The molecule has 0 amide bonds. The molecule has 0 aromatic heterocycles. The first-order valence-electron chi connectivity index (χ1n) is 6.19. The minimum absolute atomic E-state index is 0.655. The molecule has 2 nitrogen and oxygen atoms in total.